The number of fused-ring (bicyclic) bond motifs is 2. The molecule has 0 bridgehead atoms. The summed E-state index contributed by atoms with van der Waals surface area (Å²) in [5.41, 5.74) is 1.32. The van der Waals surface area contributed by atoms with Crippen molar-refractivity contribution in [3.05, 3.63) is 64.7 Å². The van der Waals surface area contributed by atoms with Crippen LogP contribution in [0, 0.1) is 5.92 Å². The zero-order valence-electron chi connectivity index (χ0n) is 17.1. The van der Waals surface area contributed by atoms with E-state index in [4.69, 9.17) is 9.47 Å². The van der Waals surface area contributed by atoms with Gasteiger partial charge in [0.2, 0.25) is 5.91 Å². The summed E-state index contributed by atoms with van der Waals surface area (Å²) in [5, 5.41) is 3.55. The molecular formula is C23H25N3O4. The van der Waals surface area contributed by atoms with Gasteiger partial charge in [0.05, 0.1) is 36.5 Å². The molecule has 1 aliphatic rings. The van der Waals surface area contributed by atoms with Crippen LogP contribution in [0.5, 0.6) is 11.5 Å². The first-order valence-electron chi connectivity index (χ1n) is 10.2. The number of rotatable bonds is 5. The summed E-state index contributed by atoms with van der Waals surface area (Å²) in [6.45, 7) is 5.22. The van der Waals surface area contributed by atoms with Crippen molar-refractivity contribution in [3.63, 3.8) is 0 Å². The van der Waals surface area contributed by atoms with Crippen LogP contribution < -0.4 is 20.3 Å². The van der Waals surface area contributed by atoms with E-state index in [1.807, 2.05) is 38.1 Å². The van der Waals surface area contributed by atoms with E-state index in [0.717, 1.165) is 17.7 Å². The Kier molecular flexibility index (Phi) is 5.70. The van der Waals surface area contributed by atoms with Gasteiger partial charge in [-0.2, -0.15) is 0 Å². The summed E-state index contributed by atoms with van der Waals surface area (Å²) in [4.78, 5) is 29.7. The highest BCUT2D eigenvalue weighted by molar-refractivity contribution is 5.79. The first-order valence-corrected chi connectivity index (χ1v) is 10.2. The second kappa shape index (κ2) is 8.57. The predicted molar refractivity (Wildman–Crippen MR) is 114 cm³/mol. The summed E-state index contributed by atoms with van der Waals surface area (Å²) in [6.07, 6.45) is 2.26. The van der Waals surface area contributed by atoms with E-state index in [1.54, 1.807) is 18.2 Å². The molecule has 1 N–H and O–H groups in total. The van der Waals surface area contributed by atoms with E-state index in [-0.39, 0.29) is 30.0 Å². The van der Waals surface area contributed by atoms with Crippen LogP contribution in [0.15, 0.2) is 53.6 Å². The molecule has 4 rings (SSSR count). The monoisotopic (exact) mass is 407 g/mol. The normalized spacial score (nSPS) is 14.4. The summed E-state index contributed by atoms with van der Waals surface area (Å²) < 4.78 is 12.8. The molecule has 3 aromatic rings. The minimum Gasteiger partial charge on any atom is -0.490 e. The third-order valence-electron chi connectivity index (χ3n) is 5.16. The van der Waals surface area contributed by atoms with E-state index < -0.39 is 0 Å². The first-order chi connectivity index (χ1) is 14.5. The van der Waals surface area contributed by atoms with E-state index in [0.29, 0.717) is 29.9 Å². The second-order valence-corrected chi connectivity index (χ2v) is 7.74. The van der Waals surface area contributed by atoms with E-state index in [9.17, 15) is 9.59 Å². The third kappa shape index (κ3) is 4.15. The number of benzene rings is 2. The van der Waals surface area contributed by atoms with Crippen molar-refractivity contribution in [2.24, 2.45) is 5.92 Å². The Balaban J connectivity index is 1.54. The number of hydrogen-bond donors (Lipinski definition) is 1. The van der Waals surface area contributed by atoms with Crippen LogP contribution in [0.25, 0.3) is 10.9 Å². The zero-order chi connectivity index (χ0) is 21.1. The Hall–Kier alpha value is -3.35. The molecule has 1 atom stereocenters. The van der Waals surface area contributed by atoms with Gasteiger partial charge in [-0.3, -0.25) is 14.2 Å². The molecule has 0 radical (unpaired) electrons. The lowest BCUT2D eigenvalue weighted by atomic mass is 9.95. The molecule has 1 aliphatic heterocycles. The van der Waals surface area contributed by atoms with Crippen molar-refractivity contribution in [1.29, 1.82) is 0 Å². The van der Waals surface area contributed by atoms with Crippen LogP contribution in [-0.2, 0) is 11.3 Å². The maximum absolute atomic E-state index is 12.8. The maximum Gasteiger partial charge on any atom is 0.261 e. The maximum atomic E-state index is 12.8. The molecule has 0 unspecified atom stereocenters. The van der Waals surface area contributed by atoms with Crippen LogP contribution in [0.4, 0.5) is 0 Å². The number of nitrogens with zero attached hydrogens (tertiary/aromatic N) is 2. The van der Waals surface area contributed by atoms with Crippen molar-refractivity contribution in [1.82, 2.24) is 14.9 Å². The summed E-state index contributed by atoms with van der Waals surface area (Å²) >= 11 is 0. The number of carbonyl (C=O) groups excluding carboxylic acids is 1. The summed E-state index contributed by atoms with van der Waals surface area (Å²) in [6, 6.07) is 12.6. The molecule has 1 amide bonds. The number of aromatic nitrogens is 2. The molecule has 0 saturated carbocycles. The molecule has 2 aromatic carbocycles. The van der Waals surface area contributed by atoms with Gasteiger partial charge in [0, 0.05) is 6.42 Å². The first kappa shape index (κ1) is 19.9. The largest absolute Gasteiger partial charge is 0.490 e. The van der Waals surface area contributed by atoms with E-state index >= 15 is 0 Å². The fraction of sp³-hybridized carbons (Fsp3) is 0.348. The molecule has 7 nitrogen and oxygen atoms in total. The molecule has 156 valence electrons. The summed E-state index contributed by atoms with van der Waals surface area (Å²) in [5.74, 6) is 1.31. The van der Waals surface area contributed by atoms with Gasteiger partial charge in [0.15, 0.2) is 11.5 Å². The van der Waals surface area contributed by atoms with Crippen LogP contribution in [0.3, 0.4) is 0 Å². The van der Waals surface area contributed by atoms with E-state index in [2.05, 4.69) is 10.3 Å². The Morgan fingerprint density at radius 2 is 1.90 bits per heavy atom. The highest BCUT2D eigenvalue weighted by atomic mass is 16.5. The lowest BCUT2D eigenvalue weighted by Crippen LogP contribution is -2.36. The van der Waals surface area contributed by atoms with Crippen molar-refractivity contribution in [2.45, 2.75) is 32.9 Å². The molecule has 0 aliphatic carbocycles. The number of carbonyl (C=O) groups is 1. The van der Waals surface area contributed by atoms with Gasteiger partial charge in [-0.15, -0.1) is 0 Å². The fourth-order valence-corrected chi connectivity index (χ4v) is 3.60. The van der Waals surface area contributed by atoms with Gasteiger partial charge < -0.3 is 14.8 Å². The number of amides is 1. The Morgan fingerprint density at radius 3 is 2.70 bits per heavy atom. The van der Waals surface area contributed by atoms with Crippen molar-refractivity contribution in [2.75, 3.05) is 13.2 Å². The van der Waals surface area contributed by atoms with Crippen LogP contribution in [0.1, 0.15) is 31.9 Å². The average Bonchev–Trinajstić information content (AvgIpc) is 2.99. The Morgan fingerprint density at radius 1 is 1.13 bits per heavy atom. The van der Waals surface area contributed by atoms with Gasteiger partial charge in [0.25, 0.3) is 5.56 Å². The lowest BCUT2D eigenvalue weighted by Gasteiger charge is -2.24. The third-order valence-corrected chi connectivity index (χ3v) is 5.16. The number of nitrogens with one attached hydrogen (secondary N) is 1. The average molecular weight is 407 g/mol. The van der Waals surface area contributed by atoms with Gasteiger partial charge in [0.1, 0.15) is 6.54 Å². The smallest absolute Gasteiger partial charge is 0.261 e. The summed E-state index contributed by atoms with van der Waals surface area (Å²) in [7, 11) is 0. The second-order valence-electron chi connectivity index (χ2n) is 7.74. The number of para-hydroxylation sites is 1. The topological polar surface area (TPSA) is 82.5 Å². The Labute approximate surface area is 174 Å². The molecule has 0 saturated heterocycles. The predicted octanol–water partition coefficient (Wildman–Crippen LogP) is 3.07. The zero-order valence-corrected chi connectivity index (χ0v) is 17.1. The molecule has 1 aromatic heterocycles. The van der Waals surface area contributed by atoms with Gasteiger partial charge in [-0.05, 0) is 35.7 Å². The van der Waals surface area contributed by atoms with Crippen molar-refractivity contribution in [3.8, 4) is 11.5 Å². The van der Waals surface area contributed by atoms with Crippen LogP contribution in [0.2, 0.25) is 0 Å². The molecule has 7 heteroatoms. The minimum atomic E-state index is -0.250. The SMILES string of the molecule is CC(C)[C@@H](NC(=O)Cn1cnc2ccccc2c1=O)c1ccc2c(c1)OCCCO2. The molecule has 0 spiro atoms. The van der Waals surface area contributed by atoms with Crippen LogP contribution in [-0.4, -0.2) is 28.7 Å². The Bertz CT molecular complexity index is 1120. The standard InChI is InChI=1S/C23H25N3O4/c1-15(2)22(16-8-9-19-20(12-16)30-11-5-10-29-19)25-21(27)13-26-14-24-18-7-4-3-6-17(18)23(26)28/h3-4,6-9,12,14-15,22H,5,10-11,13H2,1-2H3,(H,25,27)/t22-/m1/s1. The van der Waals surface area contributed by atoms with Crippen LogP contribution >= 0.6 is 0 Å². The highest BCUT2D eigenvalue weighted by Crippen LogP contribution is 2.34. The number of hydrogen-bond acceptors (Lipinski definition) is 5. The minimum absolute atomic E-state index is 0.0928. The fourth-order valence-electron chi connectivity index (χ4n) is 3.60. The van der Waals surface area contributed by atoms with Gasteiger partial charge >= 0.3 is 0 Å². The molecule has 2 heterocycles. The quantitative estimate of drug-likeness (QED) is 0.703. The molecule has 0 fully saturated rings. The van der Waals surface area contributed by atoms with Gasteiger partial charge in [-0.25, -0.2) is 4.98 Å². The molecule has 30 heavy (non-hydrogen) atoms. The van der Waals surface area contributed by atoms with Gasteiger partial charge in [-0.1, -0.05) is 32.0 Å². The lowest BCUT2D eigenvalue weighted by molar-refractivity contribution is -0.122. The van der Waals surface area contributed by atoms with Crippen molar-refractivity contribution < 1.29 is 14.3 Å². The number of ether oxygens (including phenoxy) is 2. The molecular weight excluding hydrogens is 382 g/mol. The van der Waals surface area contributed by atoms with Crippen molar-refractivity contribution >= 4 is 16.8 Å². The van der Waals surface area contributed by atoms with E-state index in [1.165, 1.54) is 10.9 Å². The highest BCUT2D eigenvalue weighted by Gasteiger charge is 2.21.